The lowest BCUT2D eigenvalue weighted by Crippen LogP contribution is -2.28. The molecule has 0 atom stereocenters. The Balaban J connectivity index is 2.21. The largest absolute Gasteiger partial charge is 0.322 e. The Hall–Kier alpha value is -1.02. The van der Waals surface area contributed by atoms with Crippen LogP contribution in [0.2, 0.25) is 0 Å². The van der Waals surface area contributed by atoms with Gasteiger partial charge in [0.05, 0.1) is 11.0 Å². The molecule has 0 bridgehead atoms. The maximum absolute atomic E-state index is 5.97. The van der Waals surface area contributed by atoms with Gasteiger partial charge in [0.25, 0.3) is 0 Å². The SMILES string of the molecule is Cc1ccc2c(c1)nc(CCCl)n2C1(C)CCCC1. The second-order valence-electron chi connectivity index (χ2n) is 6.00. The van der Waals surface area contributed by atoms with Crippen LogP contribution in [0.1, 0.15) is 44.0 Å². The molecule has 2 aromatic rings. The smallest absolute Gasteiger partial charge is 0.111 e. The molecular weight excluding hydrogens is 256 g/mol. The van der Waals surface area contributed by atoms with Gasteiger partial charge in [-0.1, -0.05) is 18.9 Å². The number of alkyl halides is 1. The van der Waals surface area contributed by atoms with Crippen LogP contribution in [-0.2, 0) is 12.0 Å². The summed E-state index contributed by atoms with van der Waals surface area (Å²) in [7, 11) is 0. The fraction of sp³-hybridized carbons (Fsp3) is 0.562. The van der Waals surface area contributed by atoms with Crippen LogP contribution in [-0.4, -0.2) is 15.4 Å². The number of aromatic nitrogens is 2. The summed E-state index contributed by atoms with van der Waals surface area (Å²) in [4.78, 5) is 4.83. The van der Waals surface area contributed by atoms with Crippen LogP contribution in [0.25, 0.3) is 11.0 Å². The molecule has 2 nitrogen and oxygen atoms in total. The van der Waals surface area contributed by atoms with Gasteiger partial charge in [0.15, 0.2) is 0 Å². The van der Waals surface area contributed by atoms with Crippen LogP contribution in [0.3, 0.4) is 0 Å². The highest BCUT2D eigenvalue weighted by Crippen LogP contribution is 2.39. The highest BCUT2D eigenvalue weighted by molar-refractivity contribution is 6.17. The molecule has 19 heavy (non-hydrogen) atoms. The molecule has 0 N–H and O–H groups in total. The molecular formula is C16H21ClN2. The number of hydrogen-bond donors (Lipinski definition) is 0. The molecule has 0 unspecified atom stereocenters. The highest BCUT2D eigenvalue weighted by atomic mass is 35.5. The van der Waals surface area contributed by atoms with Crippen LogP contribution in [0.4, 0.5) is 0 Å². The van der Waals surface area contributed by atoms with E-state index in [1.807, 2.05) is 0 Å². The molecule has 0 aliphatic heterocycles. The molecule has 1 saturated carbocycles. The van der Waals surface area contributed by atoms with Gasteiger partial charge in [0.2, 0.25) is 0 Å². The quantitative estimate of drug-likeness (QED) is 0.759. The molecule has 102 valence electrons. The lowest BCUT2D eigenvalue weighted by molar-refractivity contribution is 0.329. The summed E-state index contributed by atoms with van der Waals surface area (Å²) in [6, 6.07) is 6.59. The normalized spacial score (nSPS) is 18.3. The second-order valence-corrected chi connectivity index (χ2v) is 6.38. The van der Waals surface area contributed by atoms with Crippen LogP contribution < -0.4 is 0 Å². The first-order chi connectivity index (χ1) is 9.14. The number of benzene rings is 1. The first-order valence-electron chi connectivity index (χ1n) is 7.18. The summed E-state index contributed by atoms with van der Waals surface area (Å²) in [6.07, 6.45) is 6.00. The molecule has 1 aliphatic rings. The third-order valence-corrected chi connectivity index (χ3v) is 4.61. The molecule has 1 aromatic carbocycles. The Morgan fingerprint density at radius 2 is 2.05 bits per heavy atom. The molecule has 0 radical (unpaired) electrons. The summed E-state index contributed by atoms with van der Waals surface area (Å²) in [5, 5.41) is 0. The summed E-state index contributed by atoms with van der Waals surface area (Å²) >= 11 is 5.97. The first-order valence-corrected chi connectivity index (χ1v) is 7.72. The van der Waals surface area contributed by atoms with Crippen molar-refractivity contribution in [3.05, 3.63) is 29.6 Å². The number of nitrogens with zero attached hydrogens (tertiary/aromatic N) is 2. The van der Waals surface area contributed by atoms with Crippen molar-refractivity contribution in [2.75, 3.05) is 5.88 Å². The molecule has 3 rings (SSSR count). The van der Waals surface area contributed by atoms with Crippen molar-refractivity contribution in [3.63, 3.8) is 0 Å². The minimum atomic E-state index is 0.228. The van der Waals surface area contributed by atoms with Gasteiger partial charge in [0, 0.05) is 17.8 Å². The first kappa shape index (κ1) is 13.0. The fourth-order valence-electron chi connectivity index (χ4n) is 3.46. The van der Waals surface area contributed by atoms with Gasteiger partial charge in [-0.15, -0.1) is 11.6 Å². The van der Waals surface area contributed by atoms with Crippen molar-refractivity contribution in [2.24, 2.45) is 0 Å². The Morgan fingerprint density at radius 3 is 2.74 bits per heavy atom. The number of fused-ring (bicyclic) bond motifs is 1. The third-order valence-electron chi connectivity index (χ3n) is 4.42. The average Bonchev–Trinajstić information content (AvgIpc) is 2.93. The van der Waals surface area contributed by atoms with Crippen molar-refractivity contribution >= 4 is 22.6 Å². The van der Waals surface area contributed by atoms with Crippen molar-refractivity contribution in [3.8, 4) is 0 Å². The van der Waals surface area contributed by atoms with Crippen molar-refractivity contribution in [1.29, 1.82) is 0 Å². The van der Waals surface area contributed by atoms with E-state index in [9.17, 15) is 0 Å². The van der Waals surface area contributed by atoms with E-state index in [1.165, 1.54) is 36.8 Å². The Morgan fingerprint density at radius 1 is 1.32 bits per heavy atom. The highest BCUT2D eigenvalue weighted by Gasteiger charge is 2.33. The summed E-state index contributed by atoms with van der Waals surface area (Å²) < 4.78 is 2.47. The number of hydrogen-bond acceptors (Lipinski definition) is 1. The Labute approximate surface area is 119 Å². The Kier molecular flexibility index (Phi) is 3.30. The lowest BCUT2D eigenvalue weighted by atomic mass is 9.99. The monoisotopic (exact) mass is 276 g/mol. The van der Waals surface area contributed by atoms with E-state index in [0.717, 1.165) is 17.8 Å². The topological polar surface area (TPSA) is 17.8 Å². The minimum Gasteiger partial charge on any atom is -0.322 e. The lowest BCUT2D eigenvalue weighted by Gasteiger charge is -2.29. The van der Waals surface area contributed by atoms with Crippen molar-refractivity contribution in [1.82, 2.24) is 9.55 Å². The fourth-order valence-corrected chi connectivity index (χ4v) is 3.62. The minimum absolute atomic E-state index is 0.228. The number of rotatable bonds is 3. The number of imidazole rings is 1. The molecule has 1 heterocycles. The van der Waals surface area contributed by atoms with Gasteiger partial charge in [-0.3, -0.25) is 0 Å². The van der Waals surface area contributed by atoms with Crippen LogP contribution in [0, 0.1) is 6.92 Å². The van der Waals surface area contributed by atoms with Gasteiger partial charge in [-0.05, 0) is 44.4 Å². The van der Waals surface area contributed by atoms with Gasteiger partial charge in [-0.25, -0.2) is 4.98 Å². The van der Waals surface area contributed by atoms with E-state index in [-0.39, 0.29) is 5.54 Å². The Bertz CT molecular complexity index is 594. The molecule has 0 spiro atoms. The molecule has 1 fully saturated rings. The predicted octanol–water partition coefficient (Wildman–Crippen LogP) is 4.42. The second kappa shape index (κ2) is 4.82. The molecule has 1 aromatic heterocycles. The maximum atomic E-state index is 5.97. The summed E-state index contributed by atoms with van der Waals surface area (Å²) in [5.41, 5.74) is 3.89. The van der Waals surface area contributed by atoms with Crippen LogP contribution in [0.5, 0.6) is 0 Å². The van der Waals surface area contributed by atoms with Gasteiger partial charge in [-0.2, -0.15) is 0 Å². The standard InChI is InChI=1S/C16H21ClN2/c1-12-5-6-14-13(11-12)18-15(7-10-17)19(14)16(2)8-3-4-9-16/h5-6,11H,3-4,7-10H2,1-2H3. The van der Waals surface area contributed by atoms with Gasteiger partial charge < -0.3 is 4.57 Å². The molecule has 0 saturated heterocycles. The van der Waals surface area contributed by atoms with Crippen LogP contribution >= 0.6 is 11.6 Å². The van der Waals surface area contributed by atoms with Gasteiger partial charge in [0.1, 0.15) is 5.82 Å². The molecule has 3 heteroatoms. The van der Waals surface area contributed by atoms with Gasteiger partial charge >= 0.3 is 0 Å². The van der Waals surface area contributed by atoms with E-state index in [1.54, 1.807) is 0 Å². The zero-order valence-corrected chi connectivity index (χ0v) is 12.5. The van der Waals surface area contributed by atoms with E-state index in [0.29, 0.717) is 5.88 Å². The van der Waals surface area contributed by atoms with Crippen molar-refractivity contribution in [2.45, 2.75) is 51.5 Å². The predicted molar refractivity (Wildman–Crippen MR) is 81.0 cm³/mol. The van der Waals surface area contributed by atoms with E-state index in [4.69, 9.17) is 16.6 Å². The van der Waals surface area contributed by atoms with Crippen molar-refractivity contribution < 1.29 is 0 Å². The summed E-state index contributed by atoms with van der Waals surface area (Å²) in [6.45, 7) is 4.50. The number of aryl methyl sites for hydroxylation is 2. The number of halogens is 1. The van der Waals surface area contributed by atoms with E-state index >= 15 is 0 Å². The van der Waals surface area contributed by atoms with Crippen LogP contribution in [0.15, 0.2) is 18.2 Å². The summed E-state index contributed by atoms with van der Waals surface area (Å²) in [5.74, 6) is 1.79. The zero-order valence-electron chi connectivity index (χ0n) is 11.7. The van der Waals surface area contributed by atoms with E-state index in [2.05, 4.69) is 36.6 Å². The maximum Gasteiger partial charge on any atom is 0.111 e. The third kappa shape index (κ3) is 2.16. The molecule has 0 amide bonds. The van der Waals surface area contributed by atoms with E-state index < -0.39 is 0 Å². The molecule has 1 aliphatic carbocycles. The average molecular weight is 277 g/mol. The zero-order chi connectivity index (χ0) is 13.5.